The number of carbonyl (C=O) groups is 1. The molecule has 1 aliphatic heterocycles. The monoisotopic (exact) mass is 311 g/mol. The van der Waals surface area contributed by atoms with Crippen LogP contribution in [0.5, 0.6) is 5.75 Å². The number of nitrogens with zero attached hydrogens (tertiary/aromatic N) is 1. The SMILES string of the molecule is O=C(O)[C@@H](c1ccc(OCc2ccccc2)cc1)N1CCCC1. The summed E-state index contributed by atoms with van der Waals surface area (Å²) < 4.78 is 5.75. The first-order valence-electron chi connectivity index (χ1n) is 7.97. The third-order valence-electron chi connectivity index (χ3n) is 4.18. The highest BCUT2D eigenvalue weighted by atomic mass is 16.5. The van der Waals surface area contributed by atoms with Crippen molar-refractivity contribution in [3.63, 3.8) is 0 Å². The molecular weight excluding hydrogens is 290 g/mol. The van der Waals surface area contributed by atoms with E-state index in [4.69, 9.17) is 4.74 Å². The number of hydrogen-bond donors (Lipinski definition) is 1. The summed E-state index contributed by atoms with van der Waals surface area (Å²) in [6.45, 7) is 2.21. The zero-order chi connectivity index (χ0) is 16.1. The summed E-state index contributed by atoms with van der Waals surface area (Å²) in [7, 11) is 0. The van der Waals surface area contributed by atoms with Crippen LogP contribution in [0.15, 0.2) is 54.6 Å². The zero-order valence-corrected chi connectivity index (χ0v) is 13.0. The van der Waals surface area contributed by atoms with Gasteiger partial charge in [-0.05, 0) is 49.2 Å². The van der Waals surface area contributed by atoms with Gasteiger partial charge in [-0.3, -0.25) is 9.69 Å². The minimum Gasteiger partial charge on any atom is -0.489 e. The lowest BCUT2D eigenvalue weighted by atomic mass is 10.1. The molecule has 0 amide bonds. The summed E-state index contributed by atoms with van der Waals surface area (Å²) in [5.74, 6) is -0.0342. The third kappa shape index (κ3) is 3.90. The minimum atomic E-state index is -0.787. The van der Waals surface area contributed by atoms with E-state index >= 15 is 0 Å². The molecule has 0 aromatic heterocycles. The number of aliphatic carboxylic acids is 1. The molecule has 23 heavy (non-hydrogen) atoms. The molecule has 3 rings (SSSR count). The summed E-state index contributed by atoms with van der Waals surface area (Å²) in [5, 5.41) is 9.54. The Morgan fingerprint density at radius 3 is 2.30 bits per heavy atom. The average molecular weight is 311 g/mol. The third-order valence-corrected chi connectivity index (χ3v) is 4.18. The fraction of sp³-hybridized carbons (Fsp3) is 0.316. The normalized spacial score (nSPS) is 16.2. The molecule has 1 saturated heterocycles. The second-order valence-electron chi connectivity index (χ2n) is 5.83. The van der Waals surface area contributed by atoms with Crippen LogP contribution in [0.2, 0.25) is 0 Å². The van der Waals surface area contributed by atoms with E-state index in [0.29, 0.717) is 6.61 Å². The Balaban J connectivity index is 1.66. The summed E-state index contributed by atoms with van der Waals surface area (Å²) in [6.07, 6.45) is 2.14. The molecule has 0 radical (unpaired) electrons. The highest BCUT2D eigenvalue weighted by molar-refractivity contribution is 5.75. The van der Waals surface area contributed by atoms with Gasteiger partial charge in [0.15, 0.2) is 0 Å². The second kappa shape index (κ2) is 7.29. The van der Waals surface area contributed by atoms with Crippen LogP contribution in [0.4, 0.5) is 0 Å². The number of rotatable bonds is 6. The number of benzene rings is 2. The molecule has 1 aliphatic rings. The fourth-order valence-electron chi connectivity index (χ4n) is 3.00. The highest BCUT2D eigenvalue weighted by Gasteiger charge is 2.29. The lowest BCUT2D eigenvalue weighted by Gasteiger charge is -2.24. The quantitative estimate of drug-likeness (QED) is 0.887. The fourth-order valence-corrected chi connectivity index (χ4v) is 3.00. The van der Waals surface area contributed by atoms with E-state index in [1.165, 1.54) is 0 Å². The molecule has 1 heterocycles. The van der Waals surface area contributed by atoms with Crippen LogP contribution in [0.1, 0.15) is 30.0 Å². The van der Waals surface area contributed by atoms with Gasteiger partial charge in [-0.25, -0.2) is 0 Å². The summed E-state index contributed by atoms with van der Waals surface area (Å²) in [5.41, 5.74) is 1.92. The maximum atomic E-state index is 11.6. The Kier molecular flexibility index (Phi) is 4.93. The summed E-state index contributed by atoms with van der Waals surface area (Å²) in [6, 6.07) is 16.8. The van der Waals surface area contributed by atoms with Gasteiger partial charge in [0.2, 0.25) is 0 Å². The van der Waals surface area contributed by atoms with Gasteiger partial charge in [0.1, 0.15) is 18.4 Å². The minimum absolute atomic E-state index is 0.509. The molecular formula is C19H21NO3. The van der Waals surface area contributed by atoms with Gasteiger partial charge in [-0.1, -0.05) is 42.5 Å². The Labute approximate surface area is 136 Å². The Hall–Kier alpha value is -2.33. The molecule has 0 spiro atoms. The van der Waals surface area contributed by atoms with E-state index in [9.17, 15) is 9.90 Å². The van der Waals surface area contributed by atoms with Crippen molar-refractivity contribution < 1.29 is 14.6 Å². The number of ether oxygens (including phenoxy) is 1. The predicted octanol–water partition coefficient (Wildman–Crippen LogP) is 3.49. The van der Waals surface area contributed by atoms with Crippen molar-refractivity contribution in [3.05, 3.63) is 65.7 Å². The van der Waals surface area contributed by atoms with Crippen molar-refractivity contribution in [1.29, 1.82) is 0 Å². The highest BCUT2D eigenvalue weighted by Crippen LogP contribution is 2.27. The van der Waals surface area contributed by atoms with Gasteiger partial charge in [0.05, 0.1) is 0 Å². The molecule has 0 saturated carbocycles. The summed E-state index contributed by atoms with van der Waals surface area (Å²) >= 11 is 0. The van der Waals surface area contributed by atoms with Crippen LogP contribution in [0.25, 0.3) is 0 Å². The number of likely N-dealkylation sites (tertiary alicyclic amines) is 1. The molecule has 4 heteroatoms. The molecule has 0 aliphatic carbocycles. The van der Waals surface area contributed by atoms with Crippen molar-refractivity contribution >= 4 is 5.97 Å². The van der Waals surface area contributed by atoms with Crippen LogP contribution in [-0.2, 0) is 11.4 Å². The van der Waals surface area contributed by atoms with Gasteiger partial charge in [0.25, 0.3) is 0 Å². The van der Waals surface area contributed by atoms with Crippen LogP contribution < -0.4 is 4.74 Å². The van der Waals surface area contributed by atoms with Crippen LogP contribution >= 0.6 is 0 Å². The standard InChI is InChI=1S/C19H21NO3/c21-19(22)18(20-12-4-5-13-20)16-8-10-17(11-9-16)23-14-15-6-2-1-3-7-15/h1-3,6-11,18H,4-5,12-14H2,(H,21,22)/t18-/m1/s1. The lowest BCUT2D eigenvalue weighted by molar-refractivity contribution is -0.143. The maximum absolute atomic E-state index is 11.6. The van der Waals surface area contributed by atoms with E-state index in [1.54, 1.807) is 0 Å². The number of carboxylic acid groups (broad SMARTS) is 1. The van der Waals surface area contributed by atoms with Crippen molar-refractivity contribution in [2.75, 3.05) is 13.1 Å². The van der Waals surface area contributed by atoms with Crippen molar-refractivity contribution in [1.82, 2.24) is 4.90 Å². The average Bonchev–Trinajstić information content (AvgIpc) is 3.09. The molecule has 1 atom stereocenters. The van der Waals surface area contributed by atoms with Gasteiger partial charge < -0.3 is 9.84 Å². The molecule has 1 N–H and O–H groups in total. The smallest absolute Gasteiger partial charge is 0.325 e. The van der Waals surface area contributed by atoms with Crippen LogP contribution in [0.3, 0.4) is 0 Å². The largest absolute Gasteiger partial charge is 0.489 e. The van der Waals surface area contributed by atoms with Crippen LogP contribution in [0, 0.1) is 0 Å². The van der Waals surface area contributed by atoms with Crippen molar-refractivity contribution in [3.8, 4) is 5.75 Å². The van der Waals surface area contributed by atoms with E-state index < -0.39 is 12.0 Å². The van der Waals surface area contributed by atoms with Gasteiger partial charge in [-0.2, -0.15) is 0 Å². The second-order valence-corrected chi connectivity index (χ2v) is 5.83. The lowest BCUT2D eigenvalue weighted by Crippen LogP contribution is -2.31. The first-order chi connectivity index (χ1) is 11.2. The summed E-state index contributed by atoms with van der Waals surface area (Å²) in [4.78, 5) is 13.6. The molecule has 1 fully saturated rings. The number of carboxylic acids is 1. The molecule has 2 aromatic carbocycles. The van der Waals surface area contributed by atoms with E-state index in [-0.39, 0.29) is 0 Å². The Bertz CT molecular complexity index is 633. The molecule has 0 bridgehead atoms. The molecule has 0 unspecified atom stereocenters. The van der Waals surface area contributed by atoms with E-state index in [2.05, 4.69) is 0 Å². The number of hydrogen-bond acceptors (Lipinski definition) is 3. The maximum Gasteiger partial charge on any atom is 0.325 e. The topological polar surface area (TPSA) is 49.8 Å². The zero-order valence-electron chi connectivity index (χ0n) is 13.0. The first kappa shape index (κ1) is 15.6. The predicted molar refractivity (Wildman–Crippen MR) is 88.4 cm³/mol. The molecule has 2 aromatic rings. The van der Waals surface area contributed by atoms with E-state index in [0.717, 1.165) is 42.8 Å². The van der Waals surface area contributed by atoms with Crippen molar-refractivity contribution in [2.45, 2.75) is 25.5 Å². The van der Waals surface area contributed by atoms with Gasteiger partial charge in [-0.15, -0.1) is 0 Å². The molecule has 120 valence electrons. The van der Waals surface area contributed by atoms with Crippen LogP contribution in [-0.4, -0.2) is 29.1 Å². The molecule has 4 nitrogen and oxygen atoms in total. The van der Waals surface area contributed by atoms with Gasteiger partial charge in [0, 0.05) is 0 Å². The Morgan fingerprint density at radius 2 is 1.70 bits per heavy atom. The van der Waals surface area contributed by atoms with Gasteiger partial charge >= 0.3 is 5.97 Å². The van der Waals surface area contributed by atoms with E-state index in [1.807, 2.05) is 59.5 Å². The Morgan fingerprint density at radius 1 is 1.04 bits per heavy atom. The first-order valence-corrected chi connectivity index (χ1v) is 7.97. The van der Waals surface area contributed by atoms with Crippen molar-refractivity contribution in [2.24, 2.45) is 0 Å².